The van der Waals surface area contributed by atoms with Gasteiger partial charge in [0.15, 0.2) is 0 Å². The molecule has 0 spiro atoms. The van der Waals surface area contributed by atoms with Crippen LogP contribution in [0.15, 0.2) is 24.3 Å². The van der Waals surface area contributed by atoms with Crippen molar-refractivity contribution in [1.29, 1.82) is 0 Å². The van der Waals surface area contributed by atoms with Gasteiger partial charge in [-0.15, -0.1) is 0 Å². The Morgan fingerprint density at radius 3 is 1.25 bits per heavy atom. The lowest BCUT2D eigenvalue weighted by molar-refractivity contribution is -0.143. The van der Waals surface area contributed by atoms with Crippen LogP contribution in [0.3, 0.4) is 0 Å². The summed E-state index contributed by atoms with van der Waals surface area (Å²) in [6.45, 7) is 8.80. The summed E-state index contributed by atoms with van der Waals surface area (Å²) < 4.78 is 5.37. The standard InChI is InChI=1S/C40H78N2O2/c1-3-5-7-9-11-13-15-17-19-21-23-25-27-29-31-33-35-41-36-37-42-38-39-44-40(43)34-32-30-28-26-24-22-20-18-16-14-12-10-8-6-4-2/h17-20,41-42H,3-16,21-39H2,1-2H3/b19-17+,20-18+. The average molecular weight is 619 g/mol. The number of carbonyl (C=O) groups is 1. The van der Waals surface area contributed by atoms with Crippen LogP contribution in [-0.4, -0.2) is 38.8 Å². The number of esters is 1. The summed E-state index contributed by atoms with van der Waals surface area (Å²) in [4.78, 5) is 11.9. The maximum atomic E-state index is 11.9. The van der Waals surface area contributed by atoms with Gasteiger partial charge >= 0.3 is 5.97 Å². The quantitative estimate of drug-likeness (QED) is 0.0413. The zero-order valence-electron chi connectivity index (χ0n) is 30.0. The number of nitrogens with one attached hydrogen (secondary N) is 2. The topological polar surface area (TPSA) is 50.4 Å². The second-order valence-corrected chi connectivity index (χ2v) is 13.0. The fourth-order valence-corrected chi connectivity index (χ4v) is 5.57. The minimum atomic E-state index is -0.0393. The van der Waals surface area contributed by atoms with Crippen LogP contribution in [0, 0.1) is 0 Å². The first-order valence-corrected chi connectivity index (χ1v) is 19.7. The minimum absolute atomic E-state index is 0.0393. The van der Waals surface area contributed by atoms with Gasteiger partial charge < -0.3 is 15.4 Å². The van der Waals surface area contributed by atoms with Crippen molar-refractivity contribution in [3.05, 3.63) is 24.3 Å². The molecule has 0 aliphatic carbocycles. The van der Waals surface area contributed by atoms with Crippen molar-refractivity contribution < 1.29 is 9.53 Å². The fraction of sp³-hybridized carbons (Fsp3) is 0.875. The van der Waals surface area contributed by atoms with Gasteiger partial charge in [0.2, 0.25) is 0 Å². The average Bonchev–Trinajstić information content (AvgIpc) is 3.03. The van der Waals surface area contributed by atoms with E-state index in [4.69, 9.17) is 4.74 Å². The van der Waals surface area contributed by atoms with Gasteiger partial charge in [0, 0.05) is 26.1 Å². The molecule has 0 radical (unpaired) electrons. The molecule has 4 heteroatoms. The third-order valence-corrected chi connectivity index (χ3v) is 8.53. The molecular weight excluding hydrogens is 540 g/mol. The second-order valence-electron chi connectivity index (χ2n) is 13.0. The van der Waals surface area contributed by atoms with Crippen LogP contribution in [0.25, 0.3) is 0 Å². The molecule has 0 unspecified atom stereocenters. The number of hydrogen-bond donors (Lipinski definition) is 2. The zero-order chi connectivity index (χ0) is 31.9. The Balaban J connectivity index is 3.20. The van der Waals surface area contributed by atoms with Crippen molar-refractivity contribution in [3.8, 4) is 0 Å². The summed E-state index contributed by atoms with van der Waals surface area (Å²) >= 11 is 0. The maximum Gasteiger partial charge on any atom is 0.305 e. The number of rotatable bonds is 37. The lowest BCUT2D eigenvalue weighted by atomic mass is 10.1. The van der Waals surface area contributed by atoms with Crippen LogP contribution in [0.1, 0.15) is 194 Å². The van der Waals surface area contributed by atoms with Crippen LogP contribution in [0.4, 0.5) is 0 Å². The van der Waals surface area contributed by atoms with E-state index in [1.807, 2.05) is 0 Å². The van der Waals surface area contributed by atoms with Crippen molar-refractivity contribution in [2.24, 2.45) is 0 Å². The normalized spacial score (nSPS) is 11.8. The summed E-state index contributed by atoms with van der Waals surface area (Å²) in [6, 6.07) is 0. The van der Waals surface area contributed by atoms with Crippen LogP contribution in [-0.2, 0) is 9.53 Å². The molecule has 0 aliphatic heterocycles. The highest BCUT2D eigenvalue weighted by molar-refractivity contribution is 5.69. The van der Waals surface area contributed by atoms with Gasteiger partial charge in [0.05, 0.1) is 0 Å². The van der Waals surface area contributed by atoms with Gasteiger partial charge in [0.1, 0.15) is 6.61 Å². The lowest BCUT2D eigenvalue weighted by Gasteiger charge is -2.08. The van der Waals surface area contributed by atoms with E-state index in [1.165, 1.54) is 161 Å². The van der Waals surface area contributed by atoms with Crippen molar-refractivity contribution in [1.82, 2.24) is 10.6 Å². The molecule has 260 valence electrons. The SMILES string of the molecule is CCCCCCCC/C=C/CCCCCCCCNCCNCCOC(=O)CCCCCCC/C=C/CCCCCCCC. The molecule has 0 aromatic rings. The molecule has 2 N–H and O–H groups in total. The molecule has 4 nitrogen and oxygen atoms in total. The highest BCUT2D eigenvalue weighted by Crippen LogP contribution is 2.11. The zero-order valence-corrected chi connectivity index (χ0v) is 30.0. The number of carbonyl (C=O) groups excluding carboxylic acids is 1. The Bertz CT molecular complexity index is 604. The Morgan fingerprint density at radius 2 is 0.795 bits per heavy atom. The van der Waals surface area contributed by atoms with Gasteiger partial charge in [-0.3, -0.25) is 4.79 Å². The van der Waals surface area contributed by atoms with E-state index in [1.54, 1.807) is 0 Å². The molecule has 0 saturated carbocycles. The number of hydrogen-bond acceptors (Lipinski definition) is 4. The summed E-state index contributed by atoms with van der Waals surface area (Å²) in [6.07, 6.45) is 45.7. The molecule has 44 heavy (non-hydrogen) atoms. The highest BCUT2D eigenvalue weighted by Gasteiger charge is 2.02. The van der Waals surface area contributed by atoms with Crippen molar-refractivity contribution >= 4 is 5.97 Å². The third kappa shape index (κ3) is 38.9. The molecule has 0 bridgehead atoms. The van der Waals surface area contributed by atoms with Crippen LogP contribution in [0.5, 0.6) is 0 Å². The fourth-order valence-electron chi connectivity index (χ4n) is 5.57. The lowest BCUT2D eigenvalue weighted by Crippen LogP contribution is -2.30. The van der Waals surface area contributed by atoms with E-state index in [2.05, 4.69) is 48.8 Å². The predicted octanol–water partition coefficient (Wildman–Crippen LogP) is 11.8. The summed E-state index contributed by atoms with van der Waals surface area (Å²) in [5.74, 6) is -0.0393. The van der Waals surface area contributed by atoms with Crippen LogP contribution in [0.2, 0.25) is 0 Å². The third-order valence-electron chi connectivity index (χ3n) is 8.53. The van der Waals surface area contributed by atoms with Gasteiger partial charge in [-0.1, -0.05) is 147 Å². The van der Waals surface area contributed by atoms with Gasteiger partial charge in [-0.05, 0) is 70.8 Å². The highest BCUT2D eigenvalue weighted by atomic mass is 16.5. The summed E-state index contributed by atoms with van der Waals surface area (Å²) in [7, 11) is 0. The van der Waals surface area contributed by atoms with Gasteiger partial charge in [0.25, 0.3) is 0 Å². The van der Waals surface area contributed by atoms with Crippen LogP contribution >= 0.6 is 0 Å². The Morgan fingerprint density at radius 1 is 0.432 bits per heavy atom. The molecule has 0 aliphatic rings. The predicted molar refractivity (Wildman–Crippen MR) is 196 cm³/mol. The monoisotopic (exact) mass is 619 g/mol. The molecule has 0 aromatic heterocycles. The minimum Gasteiger partial charge on any atom is -0.464 e. The van der Waals surface area contributed by atoms with Gasteiger partial charge in [-0.25, -0.2) is 0 Å². The van der Waals surface area contributed by atoms with E-state index in [0.717, 1.165) is 39.0 Å². The van der Waals surface area contributed by atoms with Gasteiger partial charge in [-0.2, -0.15) is 0 Å². The maximum absolute atomic E-state index is 11.9. The Labute approximate surface area is 276 Å². The van der Waals surface area contributed by atoms with E-state index in [0.29, 0.717) is 13.0 Å². The smallest absolute Gasteiger partial charge is 0.305 e. The van der Waals surface area contributed by atoms with E-state index >= 15 is 0 Å². The van der Waals surface area contributed by atoms with E-state index < -0.39 is 0 Å². The first kappa shape index (κ1) is 42.9. The summed E-state index contributed by atoms with van der Waals surface area (Å²) in [5, 5.41) is 6.89. The second kappa shape index (κ2) is 39.9. The van der Waals surface area contributed by atoms with E-state index in [9.17, 15) is 4.79 Å². The van der Waals surface area contributed by atoms with Crippen molar-refractivity contribution in [2.75, 3.05) is 32.8 Å². The first-order chi connectivity index (χ1) is 21.8. The van der Waals surface area contributed by atoms with Crippen LogP contribution < -0.4 is 10.6 Å². The number of allylic oxidation sites excluding steroid dienone is 4. The Kier molecular flexibility index (Phi) is 38.9. The molecule has 0 atom stereocenters. The van der Waals surface area contributed by atoms with E-state index in [-0.39, 0.29) is 5.97 Å². The summed E-state index contributed by atoms with van der Waals surface area (Å²) in [5.41, 5.74) is 0. The first-order valence-electron chi connectivity index (χ1n) is 19.7. The number of ether oxygens (including phenoxy) is 1. The molecule has 0 heterocycles. The molecule has 0 fully saturated rings. The van der Waals surface area contributed by atoms with Crippen molar-refractivity contribution in [3.63, 3.8) is 0 Å². The Hall–Kier alpha value is -1.13. The molecule has 0 saturated heterocycles. The molecule has 0 amide bonds. The van der Waals surface area contributed by atoms with Crippen molar-refractivity contribution in [2.45, 2.75) is 194 Å². The molecular formula is C40H78N2O2. The molecule has 0 rings (SSSR count). The number of unbranched alkanes of at least 4 members (excludes halogenated alkanes) is 23. The largest absolute Gasteiger partial charge is 0.464 e. The molecule has 0 aromatic carbocycles.